The highest BCUT2D eigenvalue weighted by molar-refractivity contribution is 8.93. The van der Waals surface area contributed by atoms with Gasteiger partial charge in [-0.2, -0.15) is 0 Å². The molecule has 3 aromatic rings. The van der Waals surface area contributed by atoms with Gasteiger partial charge in [0.1, 0.15) is 16.3 Å². The summed E-state index contributed by atoms with van der Waals surface area (Å²) in [4.78, 5) is 5.38. The third kappa shape index (κ3) is 5.29. The van der Waals surface area contributed by atoms with E-state index in [1.807, 2.05) is 49.0 Å². The molecule has 0 bridgehead atoms. The average Bonchev–Trinajstić information content (AvgIpc) is 2.98. The molecule has 1 heterocycles. The van der Waals surface area contributed by atoms with Crippen molar-refractivity contribution in [2.75, 3.05) is 6.61 Å². The van der Waals surface area contributed by atoms with Crippen molar-refractivity contribution in [1.82, 2.24) is 4.57 Å². The molecule has 0 fully saturated rings. The number of primary sulfonamides is 1. The van der Waals surface area contributed by atoms with E-state index >= 15 is 0 Å². The molecule has 0 unspecified atom stereocenters. The molecule has 1 aromatic heterocycles. The number of ether oxygens (including phenoxy) is 1. The summed E-state index contributed by atoms with van der Waals surface area (Å²) in [7, 11) is -2.05. The molecule has 0 aliphatic rings. The Balaban J connectivity index is 0.00000300. The molecule has 6 nitrogen and oxygen atoms in total. The zero-order chi connectivity index (χ0) is 20.5. The van der Waals surface area contributed by atoms with Crippen molar-refractivity contribution < 1.29 is 13.2 Å². The predicted molar refractivity (Wildman–Crippen MR) is 123 cm³/mol. The van der Waals surface area contributed by atoms with Crippen LogP contribution in [-0.4, -0.2) is 19.6 Å². The van der Waals surface area contributed by atoms with E-state index in [4.69, 9.17) is 26.5 Å². The first-order valence-corrected chi connectivity index (χ1v) is 11.3. The van der Waals surface area contributed by atoms with Crippen LogP contribution in [-0.2, 0) is 17.1 Å². The van der Waals surface area contributed by atoms with Crippen LogP contribution < -0.4 is 14.7 Å². The Labute approximate surface area is 189 Å². The number of nitrogens with two attached hydrogens (primary N) is 1. The lowest BCUT2D eigenvalue weighted by molar-refractivity contribution is 0.341. The third-order valence-corrected chi connectivity index (χ3v) is 6.40. The van der Waals surface area contributed by atoms with Crippen molar-refractivity contribution in [3.8, 4) is 17.0 Å². The molecule has 0 saturated heterocycles. The summed E-state index contributed by atoms with van der Waals surface area (Å²) in [5, 5.41) is 7.26. The Bertz CT molecular complexity index is 1200. The summed E-state index contributed by atoms with van der Waals surface area (Å²) in [5.41, 5.74) is 3.31. The lowest BCUT2D eigenvalue weighted by Crippen LogP contribution is -2.14. The molecule has 0 radical (unpaired) electrons. The van der Waals surface area contributed by atoms with Crippen molar-refractivity contribution >= 4 is 55.6 Å². The number of hydrogen-bond donors (Lipinski definition) is 1. The van der Waals surface area contributed by atoms with E-state index in [-0.39, 0.29) is 26.9 Å². The summed E-state index contributed by atoms with van der Waals surface area (Å²) in [6, 6.07) is 10.6. The van der Waals surface area contributed by atoms with Gasteiger partial charge in [-0.05, 0) is 43.7 Å². The lowest BCUT2D eigenvalue weighted by atomic mass is 10.2. The number of hydrogen-bond acceptors (Lipinski definition) is 5. The minimum Gasteiger partial charge on any atom is -0.492 e. The Morgan fingerprint density at radius 1 is 1.24 bits per heavy atom. The van der Waals surface area contributed by atoms with Crippen LogP contribution in [0.4, 0.5) is 5.69 Å². The Kier molecular flexibility index (Phi) is 7.69. The fourth-order valence-corrected chi connectivity index (χ4v) is 4.70. The molecule has 2 N–H and O–H groups in total. The molecule has 0 atom stereocenters. The summed E-state index contributed by atoms with van der Waals surface area (Å²) in [6.45, 7) is 4.47. The molecule has 0 saturated carbocycles. The second kappa shape index (κ2) is 9.44. The van der Waals surface area contributed by atoms with Gasteiger partial charge in [-0.25, -0.2) is 18.5 Å². The second-order valence-electron chi connectivity index (χ2n) is 6.17. The second-order valence-corrected chi connectivity index (χ2v) is 8.94. The van der Waals surface area contributed by atoms with Gasteiger partial charge in [-0.1, -0.05) is 23.7 Å². The van der Waals surface area contributed by atoms with E-state index in [2.05, 4.69) is 0 Å². The van der Waals surface area contributed by atoms with E-state index in [0.29, 0.717) is 17.9 Å². The molecule has 0 amide bonds. The van der Waals surface area contributed by atoms with Crippen LogP contribution >= 0.6 is 39.9 Å². The summed E-state index contributed by atoms with van der Waals surface area (Å²) in [5.74, 6) is 0.714. The maximum atomic E-state index is 11.8. The fourth-order valence-electron chi connectivity index (χ4n) is 2.71. The molecule has 29 heavy (non-hydrogen) atoms. The lowest BCUT2D eigenvalue weighted by Gasteiger charge is -2.08. The monoisotopic (exact) mass is 517 g/mol. The molecule has 156 valence electrons. The maximum Gasteiger partial charge on any atom is 0.239 e. The van der Waals surface area contributed by atoms with Gasteiger partial charge in [0.05, 0.1) is 17.3 Å². The Hall–Kier alpha value is -1.65. The van der Waals surface area contributed by atoms with Crippen molar-refractivity contribution in [3.05, 3.63) is 57.2 Å². The molecule has 3 rings (SSSR count). The summed E-state index contributed by atoms with van der Waals surface area (Å²) >= 11 is 7.43. The van der Waals surface area contributed by atoms with Gasteiger partial charge >= 0.3 is 0 Å². The summed E-state index contributed by atoms with van der Waals surface area (Å²) in [6.07, 6.45) is 0. The highest BCUT2D eigenvalue weighted by Crippen LogP contribution is 2.30. The van der Waals surface area contributed by atoms with E-state index in [1.54, 1.807) is 6.07 Å². The van der Waals surface area contributed by atoms with Gasteiger partial charge in [0.25, 0.3) is 0 Å². The van der Waals surface area contributed by atoms with Crippen LogP contribution in [0.1, 0.15) is 12.5 Å². The normalized spacial score (nSPS) is 12.0. The number of nitrogens with zero attached hydrogens (tertiary/aromatic N) is 2. The number of thiazole rings is 1. The molecule has 0 aliphatic heterocycles. The van der Waals surface area contributed by atoms with Gasteiger partial charge in [0, 0.05) is 18.0 Å². The van der Waals surface area contributed by atoms with Crippen LogP contribution in [0.25, 0.3) is 11.3 Å². The number of halogens is 2. The van der Waals surface area contributed by atoms with Gasteiger partial charge in [-0.15, -0.1) is 28.3 Å². The quantitative estimate of drug-likeness (QED) is 0.537. The van der Waals surface area contributed by atoms with Crippen molar-refractivity contribution in [2.45, 2.75) is 18.7 Å². The minimum absolute atomic E-state index is 0. The predicted octanol–water partition coefficient (Wildman–Crippen LogP) is 4.57. The van der Waals surface area contributed by atoms with E-state index in [0.717, 1.165) is 21.7 Å². The number of aromatic nitrogens is 1. The average molecular weight is 519 g/mol. The zero-order valence-corrected chi connectivity index (χ0v) is 20.1. The molecular formula is C19H21BrClN3O3S2. The van der Waals surface area contributed by atoms with E-state index in [1.165, 1.54) is 23.5 Å². The highest BCUT2D eigenvalue weighted by atomic mass is 79.9. The topological polar surface area (TPSA) is 86.7 Å². The first-order chi connectivity index (χ1) is 13.2. The van der Waals surface area contributed by atoms with Crippen LogP contribution in [0.5, 0.6) is 5.75 Å². The van der Waals surface area contributed by atoms with Crippen molar-refractivity contribution in [1.29, 1.82) is 0 Å². The van der Waals surface area contributed by atoms with Crippen LogP contribution in [0, 0.1) is 6.92 Å². The number of aryl methyl sites for hydroxylation is 1. The van der Waals surface area contributed by atoms with Gasteiger partial charge < -0.3 is 9.30 Å². The molecule has 10 heteroatoms. The SMILES string of the molecule is Br.CCOc1ccc(C)cc1/N=c1/scc(-c2ccc(Cl)c(S(N)(=O)=O)c2)n1C. The van der Waals surface area contributed by atoms with Crippen LogP contribution in [0.15, 0.2) is 51.7 Å². The number of rotatable bonds is 5. The largest absolute Gasteiger partial charge is 0.492 e. The Morgan fingerprint density at radius 3 is 2.62 bits per heavy atom. The molecule has 2 aromatic carbocycles. The summed E-state index contributed by atoms with van der Waals surface area (Å²) < 4.78 is 31.1. The smallest absolute Gasteiger partial charge is 0.239 e. The van der Waals surface area contributed by atoms with E-state index in [9.17, 15) is 8.42 Å². The van der Waals surface area contributed by atoms with E-state index < -0.39 is 10.0 Å². The highest BCUT2D eigenvalue weighted by Gasteiger charge is 2.15. The zero-order valence-electron chi connectivity index (χ0n) is 16.0. The standard InChI is InChI=1S/C19H20ClN3O3S2.BrH/c1-4-26-17-8-5-12(2)9-15(17)22-19-23(3)16(11-27-19)13-6-7-14(20)18(10-13)28(21,24)25;/h5-11H,4H2,1-3H3,(H2,21,24,25);1H/b22-19+;. The van der Waals surface area contributed by atoms with Crippen LogP contribution in [0.2, 0.25) is 5.02 Å². The third-order valence-electron chi connectivity index (χ3n) is 4.09. The first-order valence-electron chi connectivity index (χ1n) is 8.46. The minimum atomic E-state index is -3.91. The Morgan fingerprint density at radius 2 is 1.97 bits per heavy atom. The van der Waals surface area contributed by atoms with Crippen molar-refractivity contribution in [2.24, 2.45) is 17.2 Å². The molecule has 0 spiro atoms. The van der Waals surface area contributed by atoms with Gasteiger partial charge in [-0.3, -0.25) is 0 Å². The first kappa shape index (κ1) is 23.6. The number of sulfonamides is 1. The number of benzene rings is 2. The fraction of sp³-hybridized carbons (Fsp3) is 0.211. The maximum absolute atomic E-state index is 11.8. The van der Waals surface area contributed by atoms with Crippen LogP contribution in [0.3, 0.4) is 0 Å². The molecule has 0 aliphatic carbocycles. The van der Waals surface area contributed by atoms with Gasteiger partial charge in [0.2, 0.25) is 10.0 Å². The molecular weight excluding hydrogens is 498 g/mol. The van der Waals surface area contributed by atoms with Gasteiger partial charge in [0.15, 0.2) is 4.80 Å². The van der Waals surface area contributed by atoms with Crippen molar-refractivity contribution in [3.63, 3.8) is 0 Å².